The van der Waals surface area contributed by atoms with E-state index in [1.54, 1.807) is 12.2 Å². The molecule has 2 heteroatoms. The molecule has 14 heavy (non-hydrogen) atoms. The molecule has 0 heterocycles. The smallest absolute Gasteiger partial charge is 0.0724 e. The first-order chi connectivity index (χ1) is 6.83. The molecule has 0 fully saturated rings. The minimum absolute atomic E-state index is 0.0115. The highest BCUT2D eigenvalue weighted by Gasteiger charge is 1.99. The molecule has 1 aromatic carbocycles. The second-order valence-electron chi connectivity index (χ2n) is 3.20. The summed E-state index contributed by atoms with van der Waals surface area (Å²) in [6.45, 7) is -0.0115. The van der Waals surface area contributed by atoms with Crippen molar-refractivity contribution < 1.29 is 10.2 Å². The number of hydrogen-bond donors (Lipinski definition) is 2. The lowest BCUT2D eigenvalue weighted by Gasteiger charge is -2.04. The minimum Gasteiger partial charge on any atom is -0.392 e. The van der Waals surface area contributed by atoms with Crippen LogP contribution in [-0.4, -0.2) is 22.9 Å². The molecule has 0 aromatic heterocycles. The second-order valence-corrected chi connectivity index (χ2v) is 3.20. The van der Waals surface area contributed by atoms with Crippen molar-refractivity contribution in [3.8, 4) is 0 Å². The van der Waals surface area contributed by atoms with E-state index in [2.05, 4.69) is 0 Å². The molecule has 0 aliphatic heterocycles. The number of benzene rings is 1. The number of aliphatic hydroxyl groups is 2. The molecule has 0 saturated heterocycles. The maximum absolute atomic E-state index is 9.44. The normalized spacial score (nSPS) is 13.3. The van der Waals surface area contributed by atoms with Crippen molar-refractivity contribution in [2.24, 2.45) is 0 Å². The standard InChI is InChI=1S/C12H16O2/c13-10-4-7-12(14)9-8-11-5-2-1-3-6-11/h1-7,12-14H,8-10H2. The first kappa shape index (κ1) is 11.0. The predicted molar refractivity (Wildman–Crippen MR) is 57.0 cm³/mol. The Kier molecular flexibility index (Phi) is 4.97. The fraction of sp³-hybridized carbons (Fsp3) is 0.333. The first-order valence-electron chi connectivity index (χ1n) is 4.82. The van der Waals surface area contributed by atoms with Gasteiger partial charge in [0.15, 0.2) is 0 Å². The summed E-state index contributed by atoms with van der Waals surface area (Å²) in [6, 6.07) is 10.0. The van der Waals surface area contributed by atoms with Gasteiger partial charge in [0, 0.05) is 0 Å². The van der Waals surface area contributed by atoms with E-state index in [-0.39, 0.29) is 6.61 Å². The molecule has 2 N–H and O–H groups in total. The van der Waals surface area contributed by atoms with Crippen LogP contribution in [0.4, 0.5) is 0 Å². The first-order valence-corrected chi connectivity index (χ1v) is 4.82. The quantitative estimate of drug-likeness (QED) is 0.694. The van der Waals surface area contributed by atoms with E-state index in [1.165, 1.54) is 5.56 Å². The van der Waals surface area contributed by atoms with Gasteiger partial charge in [-0.05, 0) is 18.4 Å². The van der Waals surface area contributed by atoms with Gasteiger partial charge in [-0.2, -0.15) is 0 Å². The van der Waals surface area contributed by atoms with Gasteiger partial charge in [0.2, 0.25) is 0 Å². The molecule has 1 atom stereocenters. The van der Waals surface area contributed by atoms with Crippen LogP contribution in [0.3, 0.4) is 0 Å². The van der Waals surface area contributed by atoms with Crippen LogP contribution in [0, 0.1) is 0 Å². The Morgan fingerprint density at radius 1 is 1.21 bits per heavy atom. The van der Waals surface area contributed by atoms with E-state index >= 15 is 0 Å². The number of aliphatic hydroxyl groups excluding tert-OH is 2. The fourth-order valence-electron chi connectivity index (χ4n) is 1.27. The van der Waals surface area contributed by atoms with Crippen LogP contribution in [0.25, 0.3) is 0 Å². The summed E-state index contributed by atoms with van der Waals surface area (Å²) in [5.74, 6) is 0. The average Bonchev–Trinajstić information content (AvgIpc) is 2.25. The van der Waals surface area contributed by atoms with Crippen LogP contribution in [0.5, 0.6) is 0 Å². The summed E-state index contributed by atoms with van der Waals surface area (Å²) in [4.78, 5) is 0. The zero-order valence-corrected chi connectivity index (χ0v) is 8.13. The summed E-state index contributed by atoms with van der Waals surface area (Å²) in [5, 5.41) is 17.9. The molecule has 0 aliphatic carbocycles. The van der Waals surface area contributed by atoms with Gasteiger partial charge in [-0.1, -0.05) is 42.5 Å². The van der Waals surface area contributed by atoms with E-state index in [1.807, 2.05) is 30.3 Å². The van der Waals surface area contributed by atoms with Gasteiger partial charge >= 0.3 is 0 Å². The Labute approximate surface area is 84.5 Å². The highest BCUT2D eigenvalue weighted by Crippen LogP contribution is 2.05. The van der Waals surface area contributed by atoms with Crippen molar-refractivity contribution in [1.29, 1.82) is 0 Å². The lowest BCUT2D eigenvalue weighted by Crippen LogP contribution is -2.04. The van der Waals surface area contributed by atoms with Gasteiger partial charge in [-0.3, -0.25) is 0 Å². The highest BCUT2D eigenvalue weighted by molar-refractivity contribution is 5.14. The molecular weight excluding hydrogens is 176 g/mol. The molecule has 0 radical (unpaired) electrons. The Bertz CT molecular complexity index is 267. The predicted octanol–water partition coefficient (Wildman–Crippen LogP) is 1.53. The van der Waals surface area contributed by atoms with Crippen molar-refractivity contribution >= 4 is 0 Å². The van der Waals surface area contributed by atoms with Gasteiger partial charge in [0.05, 0.1) is 12.7 Å². The molecule has 76 valence electrons. The lowest BCUT2D eigenvalue weighted by atomic mass is 10.1. The van der Waals surface area contributed by atoms with E-state index in [9.17, 15) is 5.11 Å². The van der Waals surface area contributed by atoms with E-state index in [0.29, 0.717) is 6.42 Å². The fourth-order valence-corrected chi connectivity index (χ4v) is 1.27. The molecule has 1 rings (SSSR count). The average molecular weight is 192 g/mol. The van der Waals surface area contributed by atoms with Crippen LogP contribution in [-0.2, 0) is 6.42 Å². The summed E-state index contributed by atoms with van der Waals surface area (Å²) in [7, 11) is 0. The summed E-state index contributed by atoms with van der Waals surface area (Å²) in [5.41, 5.74) is 1.23. The van der Waals surface area contributed by atoms with Crippen molar-refractivity contribution in [2.75, 3.05) is 6.61 Å². The summed E-state index contributed by atoms with van der Waals surface area (Å²) in [6.07, 6.45) is 4.29. The molecule has 2 nitrogen and oxygen atoms in total. The van der Waals surface area contributed by atoms with Crippen LogP contribution < -0.4 is 0 Å². The maximum atomic E-state index is 9.44. The lowest BCUT2D eigenvalue weighted by molar-refractivity contribution is 0.211. The topological polar surface area (TPSA) is 40.5 Å². The molecule has 1 unspecified atom stereocenters. The summed E-state index contributed by atoms with van der Waals surface area (Å²) >= 11 is 0. The Morgan fingerprint density at radius 2 is 1.93 bits per heavy atom. The van der Waals surface area contributed by atoms with Crippen molar-refractivity contribution in [1.82, 2.24) is 0 Å². The number of hydrogen-bond acceptors (Lipinski definition) is 2. The molecule has 0 spiro atoms. The molecule has 0 bridgehead atoms. The minimum atomic E-state index is -0.456. The van der Waals surface area contributed by atoms with Crippen molar-refractivity contribution in [2.45, 2.75) is 18.9 Å². The van der Waals surface area contributed by atoms with Crippen LogP contribution in [0.2, 0.25) is 0 Å². The monoisotopic (exact) mass is 192 g/mol. The van der Waals surface area contributed by atoms with Crippen molar-refractivity contribution in [3.05, 3.63) is 48.0 Å². The van der Waals surface area contributed by atoms with E-state index in [0.717, 1.165) is 6.42 Å². The van der Waals surface area contributed by atoms with E-state index < -0.39 is 6.10 Å². The zero-order valence-electron chi connectivity index (χ0n) is 8.13. The van der Waals surface area contributed by atoms with Crippen LogP contribution >= 0.6 is 0 Å². The van der Waals surface area contributed by atoms with Gasteiger partial charge in [-0.15, -0.1) is 0 Å². The zero-order chi connectivity index (χ0) is 10.2. The molecule has 0 saturated carbocycles. The molecule has 0 amide bonds. The van der Waals surface area contributed by atoms with Crippen LogP contribution in [0.1, 0.15) is 12.0 Å². The number of aryl methyl sites for hydroxylation is 1. The van der Waals surface area contributed by atoms with Gasteiger partial charge in [0.25, 0.3) is 0 Å². The van der Waals surface area contributed by atoms with Crippen LogP contribution in [0.15, 0.2) is 42.5 Å². The van der Waals surface area contributed by atoms with Gasteiger partial charge < -0.3 is 10.2 Å². The largest absolute Gasteiger partial charge is 0.392 e. The SMILES string of the molecule is OCC=CC(O)CCc1ccccc1. The Hall–Kier alpha value is -1.12. The third kappa shape index (κ3) is 4.21. The second kappa shape index (κ2) is 6.35. The Balaban J connectivity index is 2.30. The maximum Gasteiger partial charge on any atom is 0.0724 e. The molecule has 0 aliphatic rings. The van der Waals surface area contributed by atoms with Gasteiger partial charge in [0.1, 0.15) is 0 Å². The molecular formula is C12H16O2. The highest BCUT2D eigenvalue weighted by atomic mass is 16.3. The molecule has 1 aromatic rings. The van der Waals surface area contributed by atoms with Crippen molar-refractivity contribution in [3.63, 3.8) is 0 Å². The third-order valence-electron chi connectivity index (χ3n) is 2.04. The Morgan fingerprint density at radius 3 is 2.57 bits per heavy atom. The summed E-state index contributed by atoms with van der Waals surface area (Å²) < 4.78 is 0. The van der Waals surface area contributed by atoms with Gasteiger partial charge in [-0.25, -0.2) is 0 Å². The third-order valence-corrected chi connectivity index (χ3v) is 2.04. The van der Waals surface area contributed by atoms with E-state index in [4.69, 9.17) is 5.11 Å². The number of rotatable bonds is 5.